The Kier molecular flexibility index (Phi) is 6.82. The maximum absolute atomic E-state index is 12.8. The Bertz CT molecular complexity index is 685. The molecule has 148 valence electrons. The first-order chi connectivity index (χ1) is 12.8. The number of ether oxygens (including phenoxy) is 1. The first-order valence-electron chi connectivity index (χ1n) is 9.39. The van der Waals surface area contributed by atoms with Crippen LogP contribution in [0.3, 0.4) is 0 Å². The second kappa shape index (κ2) is 8.88. The molecular weight excluding hydrogens is 346 g/mol. The van der Waals surface area contributed by atoms with E-state index in [0.717, 1.165) is 29.1 Å². The number of benzene rings is 1. The normalized spacial score (nSPS) is 19.4. The highest BCUT2D eigenvalue weighted by atomic mass is 16.5. The fraction of sp³-hybridized carbons (Fsp3) is 0.550. The number of urea groups is 1. The number of hydrogen-bond donors (Lipinski definition) is 2. The van der Waals surface area contributed by atoms with Gasteiger partial charge in [-0.1, -0.05) is 26.0 Å². The molecule has 0 aromatic heterocycles. The summed E-state index contributed by atoms with van der Waals surface area (Å²) < 4.78 is 5.14. The van der Waals surface area contributed by atoms with Crippen molar-refractivity contribution < 1.29 is 19.1 Å². The molecule has 0 radical (unpaired) electrons. The summed E-state index contributed by atoms with van der Waals surface area (Å²) >= 11 is 0. The minimum Gasteiger partial charge on any atom is -0.497 e. The summed E-state index contributed by atoms with van der Waals surface area (Å²) in [4.78, 5) is 38.2. The van der Waals surface area contributed by atoms with Crippen LogP contribution in [0.5, 0.6) is 5.75 Å². The first kappa shape index (κ1) is 20.7. The first-order valence-corrected chi connectivity index (χ1v) is 9.39. The van der Waals surface area contributed by atoms with Crippen LogP contribution in [0.2, 0.25) is 0 Å². The summed E-state index contributed by atoms with van der Waals surface area (Å²) in [7, 11) is 1.61. The van der Waals surface area contributed by atoms with Crippen LogP contribution in [0.15, 0.2) is 24.3 Å². The summed E-state index contributed by atoms with van der Waals surface area (Å²) in [6.07, 6.45) is 2.69. The number of carbonyl (C=O) groups excluding carboxylic acids is 3. The molecule has 1 aromatic rings. The Morgan fingerprint density at radius 2 is 1.85 bits per heavy atom. The van der Waals surface area contributed by atoms with Crippen molar-refractivity contribution in [1.82, 2.24) is 15.5 Å². The number of nitrogens with zero attached hydrogens (tertiary/aromatic N) is 1. The third-order valence-corrected chi connectivity index (χ3v) is 5.07. The van der Waals surface area contributed by atoms with Gasteiger partial charge in [-0.3, -0.25) is 14.5 Å². The van der Waals surface area contributed by atoms with Gasteiger partial charge in [0.05, 0.1) is 7.11 Å². The number of hydrogen-bond acceptors (Lipinski definition) is 4. The van der Waals surface area contributed by atoms with Gasteiger partial charge in [0.15, 0.2) is 0 Å². The molecule has 0 bridgehead atoms. The van der Waals surface area contributed by atoms with Crippen molar-refractivity contribution in [1.29, 1.82) is 0 Å². The van der Waals surface area contributed by atoms with E-state index in [0.29, 0.717) is 12.8 Å². The van der Waals surface area contributed by atoms with Crippen LogP contribution in [0.4, 0.5) is 4.79 Å². The molecule has 0 spiro atoms. The molecule has 1 aliphatic heterocycles. The number of imide groups is 1. The van der Waals surface area contributed by atoms with Crippen LogP contribution in [0.25, 0.3) is 0 Å². The fourth-order valence-corrected chi connectivity index (χ4v) is 3.16. The highest BCUT2D eigenvalue weighted by molar-refractivity contribution is 6.08. The number of aryl methyl sites for hydroxylation is 1. The standard InChI is InChI=1S/C20H29N3O4/c1-5-15(6-2)21-17(24)13-23-18(25)20(3,22-19(23)26)12-11-14-7-9-16(27-4)10-8-14/h7-10,15H,5-6,11-13H2,1-4H3,(H,21,24)(H,22,26)/t20-/m0/s1. The van der Waals surface area contributed by atoms with E-state index >= 15 is 0 Å². The second-order valence-corrected chi connectivity index (χ2v) is 7.08. The van der Waals surface area contributed by atoms with Crippen LogP contribution < -0.4 is 15.4 Å². The van der Waals surface area contributed by atoms with Crippen LogP contribution in [-0.4, -0.2) is 48.0 Å². The van der Waals surface area contributed by atoms with Crippen molar-refractivity contribution >= 4 is 17.8 Å². The number of rotatable bonds is 9. The average Bonchev–Trinajstić information content (AvgIpc) is 2.88. The van der Waals surface area contributed by atoms with Crippen LogP contribution >= 0.6 is 0 Å². The van der Waals surface area contributed by atoms with E-state index in [-0.39, 0.29) is 24.4 Å². The molecular formula is C20H29N3O4. The van der Waals surface area contributed by atoms with E-state index in [4.69, 9.17) is 4.74 Å². The zero-order valence-electron chi connectivity index (χ0n) is 16.5. The van der Waals surface area contributed by atoms with Crippen LogP contribution in [-0.2, 0) is 16.0 Å². The maximum atomic E-state index is 12.8. The summed E-state index contributed by atoms with van der Waals surface area (Å²) in [6.45, 7) is 5.42. The van der Waals surface area contributed by atoms with Gasteiger partial charge in [-0.2, -0.15) is 0 Å². The quantitative estimate of drug-likeness (QED) is 0.648. The van der Waals surface area contributed by atoms with Gasteiger partial charge in [-0.25, -0.2) is 4.79 Å². The van der Waals surface area contributed by atoms with E-state index in [9.17, 15) is 14.4 Å². The predicted molar refractivity (Wildman–Crippen MR) is 102 cm³/mol. The highest BCUT2D eigenvalue weighted by Gasteiger charge is 2.47. The van der Waals surface area contributed by atoms with Gasteiger partial charge >= 0.3 is 6.03 Å². The Labute approximate surface area is 160 Å². The summed E-state index contributed by atoms with van der Waals surface area (Å²) in [6, 6.07) is 7.13. The van der Waals surface area contributed by atoms with Gasteiger partial charge in [-0.15, -0.1) is 0 Å². The summed E-state index contributed by atoms with van der Waals surface area (Å²) in [5.74, 6) is 0.0946. The maximum Gasteiger partial charge on any atom is 0.325 e. The zero-order chi connectivity index (χ0) is 20.0. The SMILES string of the molecule is CCC(CC)NC(=O)CN1C(=O)N[C@@](C)(CCc2ccc(OC)cc2)C1=O. The van der Waals surface area contributed by atoms with E-state index in [1.54, 1.807) is 14.0 Å². The minimum absolute atomic E-state index is 0.0553. The fourth-order valence-electron chi connectivity index (χ4n) is 3.16. The molecule has 1 atom stereocenters. The predicted octanol–water partition coefficient (Wildman–Crippen LogP) is 2.24. The minimum atomic E-state index is -1.01. The van der Waals surface area contributed by atoms with Crippen molar-refractivity contribution in [2.45, 2.75) is 58.0 Å². The molecule has 1 heterocycles. The van der Waals surface area contributed by atoms with Gasteiger partial charge < -0.3 is 15.4 Å². The lowest BCUT2D eigenvalue weighted by Gasteiger charge is -2.22. The van der Waals surface area contributed by atoms with Gasteiger partial charge in [0.1, 0.15) is 17.8 Å². The molecule has 7 heteroatoms. The topological polar surface area (TPSA) is 87.7 Å². The Morgan fingerprint density at radius 1 is 1.22 bits per heavy atom. The van der Waals surface area contributed by atoms with E-state index in [1.807, 2.05) is 38.1 Å². The molecule has 7 nitrogen and oxygen atoms in total. The second-order valence-electron chi connectivity index (χ2n) is 7.08. The number of amides is 4. The Hall–Kier alpha value is -2.57. The summed E-state index contributed by atoms with van der Waals surface area (Å²) in [5.41, 5.74) is 0.0376. The lowest BCUT2D eigenvalue weighted by molar-refractivity contribution is -0.135. The molecule has 2 N–H and O–H groups in total. The van der Waals surface area contributed by atoms with Crippen molar-refractivity contribution in [3.8, 4) is 5.75 Å². The van der Waals surface area contributed by atoms with Crippen molar-refractivity contribution in [3.05, 3.63) is 29.8 Å². The smallest absolute Gasteiger partial charge is 0.325 e. The monoisotopic (exact) mass is 375 g/mol. The van der Waals surface area contributed by atoms with Crippen molar-refractivity contribution in [2.75, 3.05) is 13.7 Å². The van der Waals surface area contributed by atoms with Crippen molar-refractivity contribution in [2.24, 2.45) is 0 Å². The highest BCUT2D eigenvalue weighted by Crippen LogP contribution is 2.24. The molecule has 0 saturated carbocycles. The van der Waals surface area contributed by atoms with Gasteiger partial charge in [0, 0.05) is 6.04 Å². The lowest BCUT2D eigenvalue weighted by Crippen LogP contribution is -2.46. The lowest BCUT2D eigenvalue weighted by atomic mass is 9.93. The molecule has 27 heavy (non-hydrogen) atoms. The molecule has 4 amide bonds. The molecule has 1 saturated heterocycles. The number of carbonyl (C=O) groups is 3. The van der Waals surface area contributed by atoms with E-state index in [1.165, 1.54) is 0 Å². The molecule has 1 aromatic carbocycles. The van der Waals surface area contributed by atoms with E-state index in [2.05, 4.69) is 10.6 Å². The van der Waals surface area contributed by atoms with Gasteiger partial charge in [0.2, 0.25) is 5.91 Å². The van der Waals surface area contributed by atoms with Crippen molar-refractivity contribution in [3.63, 3.8) is 0 Å². The largest absolute Gasteiger partial charge is 0.497 e. The molecule has 0 aliphatic carbocycles. The molecule has 2 rings (SSSR count). The Morgan fingerprint density at radius 3 is 2.41 bits per heavy atom. The molecule has 1 aliphatic rings. The average molecular weight is 375 g/mol. The number of methoxy groups -OCH3 is 1. The van der Waals surface area contributed by atoms with E-state index < -0.39 is 11.6 Å². The number of nitrogens with one attached hydrogen (secondary N) is 2. The van der Waals surface area contributed by atoms with Gasteiger partial charge in [0.25, 0.3) is 5.91 Å². The van der Waals surface area contributed by atoms with Gasteiger partial charge in [-0.05, 0) is 50.3 Å². The third-order valence-electron chi connectivity index (χ3n) is 5.07. The zero-order valence-corrected chi connectivity index (χ0v) is 16.5. The third kappa shape index (κ3) is 4.99. The summed E-state index contributed by atoms with van der Waals surface area (Å²) in [5, 5.41) is 5.60. The Balaban J connectivity index is 1.97. The van der Waals surface area contributed by atoms with Crippen LogP contribution in [0.1, 0.15) is 45.6 Å². The van der Waals surface area contributed by atoms with Crippen LogP contribution in [0, 0.1) is 0 Å². The molecule has 1 fully saturated rings. The molecule has 0 unspecified atom stereocenters.